The second-order valence-corrected chi connectivity index (χ2v) is 6.12. The lowest BCUT2D eigenvalue weighted by atomic mass is 9.99. The highest BCUT2D eigenvalue weighted by Crippen LogP contribution is 2.26. The van der Waals surface area contributed by atoms with Gasteiger partial charge in [0.15, 0.2) is 0 Å². The molecule has 0 aromatic heterocycles. The predicted octanol–water partition coefficient (Wildman–Crippen LogP) is 0.124. The van der Waals surface area contributed by atoms with E-state index in [0.29, 0.717) is 0 Å². The molecular weight excluding hydrogens is 289 g/mol. The number of methoxy groups -OCH3 is 1. The number of esters is 1. The lowest BCUT2D eigenvalue weighted by Gasteiger charge is -2.17. The predicted molar refractivity (Wildman–Crippen MR) is 59.2 cm³/mol. The Morgan fingerprint density at radius 3 is 2.47 bits per heavy atom. The van der Waals surface area contributed by atoms with Gasteiger partial charge < -0.3 is 4.74 Å². The molecule has 1 fully saturated rings. The van der Waals surface area contributed by atoms with Gasteiger partial charge in [0, 0.05) is 13.1 Å². The van der Waals surface area contributed by atoms with Crippen LogP contribution >= 0.6 is 0 Å². The van der Waals surface area contributed by atoms with E-state index in [4.69, 9.17) is 0 Å². The molecule has 6 nitrogen and oxygen atoms in total. The van der Waals surface area contributed by atoms with Crippen molar-refractivity contribution in [1.82, 2.24) is 9.03 Å². The third-order valence-corrected chi connectivity index (χ3v) is 4.36. The van der Waals surface area contributed by atoms with Gasteiger partial charge in [0.25, 0.3) is 10.2 Å². The summed E-state index contributed by atoms with van der Waals surface area (Å²) in [5.74, 6) is -1.54. The van der Waals surface area contributed by atoms with Crippen molar-refractivity contribution in [2.24, 2.45) is 11.8 Å². The van der Waals surface area contributed by atoms with Gasteiger partial charge in [0.1, 0.15) is 6.54 Å². The summed E-state index contributed by atoms with van der Waals surface area (Å²) in [5.41, 5.74) is 0. The number of halogens is 3. The van der Waals surface area contributed by atoms with Gasteiger partial charge in [-0.2, -0.15) is 30.6 Å². The number of alkyl halides is 3. The van der Waals surface area contributed by atoms with Crippen LogP contribution in [0.5, 0.6) is 0 Å². The SMILES string of the molecule is COC(=O)C1CN(S(=O)(=O)NCC(F)(F)F)CC1C. The van der Waals surface area contributed by atoms with Gasteiger partial charge in [0.2, 0.25) is 0 Å². The van der Waals surface area contributed by atoms with E-state index in [1.54, 1.807) is 6.92 Å². The second-order valence-electron chi connectivity index (χ2n) is 4.37. The molecule has 1 aliphatic rings. The molecule has 1 rings (SSSR count). The molecule has 0 aromatic carbocycles. The van der Waals surface area contributed by atoms with Crippen molar-refractivity contribution in [3.63, 3.8) is 0 Å². The molecule has 0 bridgehead atoms. The molecule has 2 unspecified atom stereocenters. The van der Waals surface area contributed by atoms with E-state index in [9.17, 15) is 26.4 Å². The summed E-state index contributed by atoms with van der Waals surface area (Å²) in [4.78, 5) is 11.4. The number of nitrogens with zero attached hydrogens (tertiary/aromatic N) is 1. The van der Waals surface area contributed by atoms with Crippen LogP contribution < -0.4 is 4.72 Å². The minimum Gasteiger partial charge on any atom is -0.469 e. The maximum Gasteiger partial charge on any atom is 0.402 e. The van der Waals surface area contributed by atoms with E-state index in [1.807, 2.05) is 0 Å². The van der Waals surface area contributed by atoms with Crippen LogP contribution in [0.2, 0.25) is 0 Å². The Morgan fingerprint density at radius 2 is 2.00 bits per heavy atom. The van der Waals surface area contributed by atoms with Gasteiger partial charge in [-0.05, 0) is 5.92 Å². The molecule has 112 valence electrons. The molecule has 0 radical (unpaired) electrons. The highest BCUT2D eigenvalue weighted by Gasteiger charge is 2.41. The van der Waals surface area contributed by atoms with Crippen molar-refractivity contribution >= 4 is 16.2 Å². The number of ether oxygens (including phenoxy) is 1. The first-order chi connectivity index (χ1) is 8.57. The van der Waals surface area contributed by atoms with Crippen molar-refractivity contribution in [2.75, 3.05) is 26.7 Å². The van der Waals surface area contributed by atoms with Crippen molar-refractivity contribution in [3.8, 4) is 0 Å². The van der Waals surface area contributed by atoms with Crippen LogP contribution in [-0.4, -0.2) is 51.6 Å². The summed E-state index contributed by atoms with van der Waals surface area (Å²) in [6, 6.07) is 0. The minimum atomic E-state index is -4.62. The van der Waals surface area contributed by atoms with Crippen LogP contribution in [0.4, 0.5) is 13.2 Å². The van der Waals surface area contributed by atoms with Crippen LogP contribution in [0, 0.1) is 11.8 Å². The standard InChI is InChI=1S/C9H15F3N2O4S/c1-6-3-14(4-7(6)8(15)18-2)19(16,17)13-5-9(10,11)12/h6-7,13H,3-5H2,1-2H3. The van der Waals surface area contributed by atoms with E-state index in [1.165, 1.54) is 11.8 Å². The van der Waals surface area contributed by atoms with E-state index < -0.39 is 34.8 Å². The highest BCUT2D eigenvalue weighted by molar-refractivity contribution is 7.87. The molecule has 19 heavy (non-hydrogen) atoms. The van der Waals surface area contributed by atoms with Crippen LogP contribution in [0.15, 0.2) is 0 Å². The van der Waals surface area contributed by atoms with Gasteiger partial charge in [-0.15, -0.1) is 0 Å². The number of hydrogen-bond acceptors (Lipinski definition) is 4. The number of carbonyl (C=O) groups is 1. The monoisotopic (exact) mass is 304 g/mol. The van der Waals surface area contributed by atoms with Crippen molar-refractivity contribution in [1.29, 1.82) is 0 Å². The Labute approximate surface area is 109 Å². The molecule has 0 amide bonds. The average molecular weight is 304 g/mol. The Kier molecular flexibility index (Phi) is 4.80. The molecule has 0 spiro atoms. The van der Waals surface area contributed by atoms with Crippen molar-refractivity contribution < 1.29 is 31.1 Å². The number of nitrogens with one attached hydrogen (secondary N) is 1. The summed E-state index contributed by atoms with van der Waals surface area (Å²) in [7, 11) is -3.07. The number of hydrogen-bond donors (Lipinski definition) is 1. The second kappa shape index (κ2) is 5.63. The molecule has 1 N–H and O–H groups in total. The average Bonchev–Trinajstić information content (AvgIpc) is 2.68. The number of rotatable bonds is 4. The van der Waals surface area contributed by atoms with Crippen LogP contribution in [0.25, 0.3) is 0 Å². The Bertz CT molecular complexity index is 437. The van der Waals surface area contributed by atoms with Crippen LogP contribution in [0.3, 0.4) is 0 Å². The molecule has 1 heterocycles. The van der Waals surface area contributed by atoms with Crippen LogP contribution in [-0.2, 0) is 19.7 Å². The van der Waals surface area contributed by atoms with Gasteiger partial charge in [0.05, 0.1) is 13.0 Å². The summed E-state index contributed by atoms with van der Waals surface area (Å²) >= 11 is 0. The molecule has 0 aliphatic carbocycles. The maximum absolute atomic E-state index is 12.0. The number of carbonyl (C=O) groups excluding carboxylic acids is 1. The van der Waals surface area contributed by atoms with Gasteiger partial charge in [-0.25, -0.2) is 0 Å². The Balaban J connectivity index is 2.69. The minimum absolute atomic E-state index is 0.0209. The quantitative estimate of drug-likeness (QED) is 0.749. The molecule has 1 aliphatic heterocycles. The van der Waals surface area contributed by atoms with E-state index >= 15 is 0 Å². The molecule has 0 aromatic rings. The summed E-state index contributed by atoms with van der Waals surface area (Å²) in [6.45, 7) is -0.196. The topological polar surface area (TPSA) is 75.7 Å². The zero-order chi connectivity index (χ0) is 14.8. The van der Waals surface area contributed by atoms with E-state index in [-0.39, 0.29) is 19.0 Å². The fourth-order valence-corrected chi connectivity index (χ4v) is 3.16. The molecular formula is C9H15F3N2O4S. The van der Waals surface area contributed by atoms with Gasteiger partial charge >= 0.3 is 12.1 Å². The first-order valence-corrected chi connectivity index (χ1v) is 6.90. The lowest BCUT2D eigenvalue weighted by molar-refractivity contribution is -0.146. The first-order valence-electron chi connectivity index (χ1n) is 5.46. The summed E-state index contributed by atoms with van der Waals surface area (Å²) < 4.78 is 66.1. The maximum atomic E-state index is 12.0. The molecule has 1 saturated heterocycles. The van der Waals surface area contributed by atoms with Crippen molar-refractivity contribution in [3.05, 3.63) is 0 Å². The fraction of sp³-hybridized carbons (Fsp3) is 0.889. The van der Waals surface area contributed by atoms with Gasteiger partial charge in [-0.3, -0.25) is 4.79 Å². The van der Waals surface area contributed by atoms with Crippen molar-refractivity contribution in [2.45, 2.75) is 13.1 Å². The van der Waals surface area contributed by atoms with Crippen LogP contribution in [0.1, 0.15) is 6.92 Å². The molecule has 10 heteroatoms. The Morgan fingerprint density at radius 1 is 1.42 bits per heavy atom. The zero-order valence-electron chi connectivity index (χ0n) is 10.4. The largest absolute Gasteiger partial charge is 0.469 e. The summed E-state index contributed by atoms with van der Waals surface area (Å²) in [6.07, 6.45) is -4.62. The Hall–Kier alpha value is -0.870. The molecule has 2 atom stereocenters. The van der Waals surface area contributed by atoms with E-state index in [0.717, 1.165) is 4.31 Å². The van der Waals surface area contributed by atoms with E-state index in [2.05, 4.69) is 4.74 Å². The van der Waals surface area contributed by atoms with Gasteiger partial charge in [-0.1, -0.05) is 6.92 Å². The third kappa shape index (κ3) is 4.32. The zero-order valence-corrected chi connectivity index (χ0v) is 11.2. The molecule has 0 saturated carbocycles. The first kappa shape index (κ1) is 16.2. The fourth-order valence-electron chi connectivity index (χ4n) is 1.84. The normalized spacial score (nSPS) is 25.5. The third-order valence-electron chi connectivity index (χ3n) is 2.88. The lowest BCUT2D eigenvalue weighted by Crippen LogP contribution is -2.43. The summed E-state index contributed by atoms with van der Waals surface area (Å²) in [5, 5.41) is 0. The smallest absolute Gasteiger partial charge is 0.402 e. The highest BCUT2D eigenvalue weighted by atomic mass is 32.2.